The molecule has 3 heteroatoms. The van der Waals surface area contributed by atoms with E-state index in [9.17, 15) is 5.11 Å². The van der Waals surface area contributed by atoms with E-state index in [1.54, 1.807) is 7.11 Å². The van der Waals surface area contributed by atoms with Crippen LogP contribution < -0.4 is 4.74 Å². The number of para-hydroxylation sites is 1. The van der Waals surface area contributed by atoms with Crippen molar-refractivity contribution in [1.82, 2.24) is 0 Å². The van der Waals surface area contributed by atoms with Crippen LogP contribution in [0.25, 0.3) is 11.0 Å². The quantitative estimate of drug-likeness (QED) is 0.785. The van der Waals surface area contributed by atoms with E-state index in [1.165, 1.54) is 0 Å². The summed E-state index contributed by atoms with van der Waals surface area (Å²) in [5, 5.41) is 11.6. The van der Waals surface area contributed by atoms with Crippen molar-refractivity contribution in [2.24, 2.45) is 0 Å². The highest BCUT2D eigenvalue weighted by molar-refractivity contribution is 5.83. The molecule has 20 heavy (non-hydrogen) atoms. The van der Waals surface area contributed by atoms with E-state index in [4.69, 9.17) is 9.15 Å². The molecule has 0 aliphatic heterocycles. The number of furan rings is 1. The zero-order valence-electron chi connectivity index (χ0n) is 11.5. The Labute approximate surface area is 117 Å². The molecule has 3 rings (SSSR count). The fraction of sp³-hybridized carbons (Fsp3) is 0.176. The molecule has 0 bridgehead atoms. The van der Waals surface area contributed by atoms with E-state index in [2.05, 4.69) is 0 Å². The first-order valence-electron chi connectivity index (χ1n) is 6.50. The minimum Gasteiger partial charge on any atom is -0.497 e. The van der Waals surface area contributed by atoms with Gasteiger partial charge in [-0.25, -0.2) is 0 Å². The lowest BCUT2D eigenvalue weighted by Crippen LogP contribution is -2.00. The van der Waals surface area contributed by atoms with Crippen LogP contribution in [0.2, 0.25) is 0 Å². The second kappa shape index (κ2) is 5.02. The van der Waals surface area contributed by atoms with Crippen LogP contribution >= 0.6 is 0 Å². The van der Waals surface area contributed by atoms with E-state index < -0.39 is 6.10 Å². The van der Waals surface area contributed by atoms with Crippen molar-refractivity contribution >= 4 is 11.0 Å². The first kappa shape index (κ1) is 12.8. The lowest BCUT2D eigenvalue weighted by atomic mass is 9.98. The molecule has 1 aromatic heterocycles. The van der Waals surface area contributed by atoms with Gasteiger partial charge in [0.2, 0.25) is 0 Å². The molecular formula is C17H16O3. The Balaban J connectivity index is 2.12. The summed E-state index contributed by atoms with van der Waals surface area (Å²) in [5.74, 6) is 1.47. The number of aliphatic hydroxyl groups is 1. The maximum Gasteiger partial charge on any atom is 0.134 e. The summed E-state index contributed by atoms with van der Waals surface area (Å²) in [6.45, 7) is 1.87. The van der Waals surface area contributed by atoms with Gasteiger partial charge in [-0.2, -0.15) is 0 Å². The van der Waals surface area contributed by atoms with Crippen molar-refractivity contribution in [1.29, 1.82) is 0 Å². The van der Waals surface area contributed by atoms with Crippen LogP contribution in [0.1, 0.15) is 23.0 Å². The van der Waals surface area contributed by atoms with E-state index >= 15 is 0 Å². The standard InChI is InChI=1S/C17H16O3/c1-11-16(14-8-3-4-9-15(14)20-11)17(18)12-6-5-7-13(10-12)19-2/h3-10,17-18H,1-2H3. The Morgan fingerprint density at radius 1 is 1.10 bits per heavy atom. The number of hydrogen-bond donors (Lipinski definition) is 1. The summed E-state index contributed by atoms with van der Waals surface area (Å²) in [6, 6.07) is 15.2. The Kier molecular flexibility index (Phi) is 3.20. The molecule has 3 nitrogen and oxygen atoms in total. The van der Waals surface area contributed by atoms with Gasteiger partial charge in [0, 0.05) is 10.9 Å². The third kappa shape index (κ3) is 2.06. The van der Waals surface area contributed by atoms with E-state index in [-0.39, 0.29) is 0 Å². The van der Waals surface area contributed by atoms with Crippen molar-refractivity contribution in [3.05, 3.63) is 65.4 Å². The lowest BCUT2D eigenvalue weighted by Gasteiger charge is -2.12. The third-order valence-electron chi connectivity index (χ3n) is 3.50. The summed E-state index contributed by atoms with van der Waals surface area (Å²) in [4.78, 5) is 0. The minimum atomic E-state index is -0.728. The van der Waals surface area contributed by atoms with Crippen LogP contribution in [0.4, 0.5) is 0 Å². The van der Waals surface area contributed by atoms with Gasteiger partial charge in [-0.15, -0.1) is 0 Å². The van der Waals surface area contributed by atoms with Gasteiger partial charge in [0.15, 0.2) is 0 Å². The van der Waals surface area contributed by atoms with Gasteiger partial charge in [-0.3, -0.25) is 0 Å². The SMILES string of the molecule is COc1cccc(C(O)c2c(C)oc3ccccc23)c1. The monoisotopic (exact) mass is 268 g/mol. The number of ether oxygens (including phenoxy) is 1. The number of benzene rings is 2. The second-order valence-electron chi connectivity index (χ2n) is 4.75. The Morgan fingerprint density at radius 2 is 1.90 bits per heavy atom. The van der Waals surface area contributed by atoms with Crippen molar-refractivity contribution in [2.75, 3.05) is 7.11 Å². The number of aryl methyl sites for hydroxylation is 1. The van der Waals surface area contributed by atoms with Crippen LogP contribution in [0.5, 0.6) is 5.75 Å². The first-order valence-corrected chi connectivity index (χ1v) is 6.50. The third-order valence-corrected chi connectivity index (χ3v) is 3.50. The molecule has 0 spiro atoms. The molecule has 1 atom stereocenters. The van der Waals surface area contributed by atoms with Gasteiger partial charge in [0.1, 0.15) is 23.2 Å². The van der Waals surface area contributed by atoms with Crippen LogP contribution in [-0.2, 0) is 0 Å². The fourth-order valence-electron chi connectivity index (χ4n) is 2.51. The molecule has 1 heterocycles. The molecular weight excluding hydrogens is 252 g/mol. The van der Waals surface area contributed by atoms with Gasteiger partial charge in [0.05, 0.1) is 7.11 Å². The molecule has 0 amide bonds. The largest absolute Gasteiger partial charge is 0.497 e. The molecule has 0 aliphatic rings. The summed E-state index contributed by atoms with van der Waals surface area (Å²) < 4.78 is 10.9. The number of aliphatic hydroxyl groups excluding tert-OH is 1. The molecule has 0 fully saturated rings. The molecule has 0 aliphatic carbocycles. The summed E-state index contributed by atoms with van der Waals surface area (Å²) in [5.41, 5.74) is 2.40. The fourth-order valence-corrected chi connectivity index (χ4v) is 2.51. The average Bonchev–Trinajstić information content (AvgIpc) is 2.82. The van der Waals surface area contributed by atoms with Crippen LogP contribution in [-0.4, -0.2) is 12.2 Å². The molecule has 3 aromatic rings. The average molecular weight is 268 g/mol. The number of methoxy groups -OCH3 is 1. The van der Waals surface area contributed by atoms with Crippen LogP contribution in [0.3, 0.4) is 0 Å². The maximum absolute atomic E-state index is 10.7. The predicted octanol–water partition coefficient (Wildman–Crippen LogP) is 3.83. The summed E-state index contributed by atoms with van der Waals surface area (Å²) in [6.07, 6.45) is -0.728. The first-order chi connectivity index (χ1) is 9.70. The van der Waals surface area contributed by atoms with Gasteiger partial charge in [-0.1, -0.05) is 30.3 Å². The molecule has 0 saturated carbocycles. The highest BCUT2D eigenvalue weighted by Gasteiger charge is 2.20. The molecule has 0 saturated heterocycles. The Hall–Kier alpha value is -2.26. The zero-order chi connectivity index (χ0) is 14.1. The van der Waals surface area contributed by atoms with E-state index in [0.717, 1.165) is 33.6 Å². The minimum absolute atomic E-state index is 0.728. The Morgan fingerprint density at radius 3 is 2.70 bits per heavy atom. The van der Waals surface area contributed by atoms with E-state index in [1.807, 2.05) is 55.5 Å². The summed E-state index contributed by atoms with van der Waals surface area (Å²) in [7, 11) is 1.62. The second-order valence-corrected chi connectivity index (χ2v) is 4.75. The molecule has 0 radical (unpaired) electrons. The molecule has 2 aromatic carbocycles. The highest BCUT2D eigenvalue weighted by atomic mass is 16.5. The van der Waals surface area contributed by atoms with E-state index in [0.29, 0.717) is 0 Å². The smallest absolute Gasteiger partial charge is 0.134 e. The van der Waals surface area contributed by atoms with Crippen molar-refractivity contribution in [2.45, 2.75) is 13.0 Å². The number of fused-ring (bicyclic) bond motifs is 1. The summed E-state index contributed by atoms with van der Waals surface area (Å²) >= 11 is 0. The van der Waals surface area contributed by atoms with Crippen molar-refractivity contribution in [3.8, 4) is 5.75 Å². The number of hydrogen-bond acceptors (Lipinski definition) is 3. The van der Waals surface area contributed by atoms with Crippen molar-refractivity contribution < 1.29 is 14.3 Å². The number of rotatable bonds is 3. The Bertz CT molecular complexity index is 743. The maximum atomic E-state index is 10.7. The van der Waals surface area contributed by atoms with Crippen molar-refractivity contribution in [3.63, 3.8) is 0 Å². The normalized spacial score (nSPS) is 12.6. The van der Waals surface area contributed by atoms with Gasteiger partial charge >= 0.3 is 0 Å². The van der Waals surface area contributed by atoms with Crippen LogP contribution in [0.15, 0.2) is 52.9 Å². The predicted molar refractivity (Wildman–Crippen MR) is 78.0 cm³/mol. The molecule has 1 N–H and O–H groups in total. The van der Waals surface area contributed by atoms with Gasteiger partial charge in [0.25, 0.3) is 0 Å². The topological polar surface area (TPSA) is 42.6 Å². The highest BCUT2D eigenvalue weighted by Crippen LogP contribution is 2.34. The van der Waals surface area contributed by atoms with Gasteiger partial charge in [-0.05, 0) is 30.7 Å². The zero-order valence-corrected chi connectivity index (χ0v) is 11.5. The molecule has 1 unspecified atom stereocenters. The van der Waals surface area contributed by atoms with Crippen LogP contribution in [0, 0.1) is 6.92 Å². The molecule has 102 valence electrons. The van der Waals surface area contributed by atoms with Gasteiger partial charge < -0.3 is 14.3 Å². The lowest BCUT2D eigenvalue weighted by molar-refractivity contribution is 0.218.